The number of hydrogen-bond donors (Lipinski definition) is 1. The molecule has 0 bridgehead atoms. The zero-order valence-corrected chi connectivity index (χ0v) is 18.1. The molecule has 0 aliphatic carbocycles. The summed E-state index contributed by atoms with van der Waals surface area (Å²) in [6, 6.07) is 7.77. The Balaban J connectivity index is 1.46. The van der Waals surface area contributed by atoms with Crippen LogP contribution in [0.15, 0.2) is 36.8 Å². The van der Waals surface area contributed by atoms with Gasteiger partial charge in [-0.3, -0.25) is 9.58 Å². The smallest absolute Gasteiger partial charge is 0.227 e. The lowest BCUT2D eigenvalue weighted by Crippen LogP contribution is -2.24. The molecule has 1 atom stereocenters. The van der Waals surface area contributed by atoms with Crippen LogP contribution < -0.4 is 5.32 Å². The largest absolute Gasteiger partial charge is 0.323 e. The molecule has 3 aromatic rings. The summed E-state index contributed by atoms with van der Waals surface area (Å²) in [7, 11) is 0. The van der Waals surface area contributed by atoms with E-state index in [9.17, 15) is 0 Å². The summed E-state index contributed by atoms with van der Waals surface area (Å²) in [5, 5.41) is 16.8. The summed E-state index contributed by atoms with van der Waals surface area (Å²) in [6.45, 7) is 7.22. The number of rotatable bonds is 8. The molecule has 31 heavy (non-hydrogen) atoms. The second-order valence-electron chi connectivity index (χ2n) is 7.96. The van der Waals surface area contributed by atoms with Crippen molar-refractivity contribution in [2.75, 3.05) is 11.9 Å². The van der Waals surface area contributed by atoms with E-state index in [0.717, 1.165) is 56.0 Å². The third-order valence-electron chi connectivity index (χ3n) is 5.68. The first-order chi connectivity index (χ1) is 15.2. The molecule has 1 saturated heterocycles. The van der Waals surface area contributed by atoms with Gasteiger partial charge >= 0.3 is 0 Å². The molecule has 1 aliphatic heterocycles. The van der Waals surface area contributed by atoms with Gasteiger partial charge in [0.1, 0.15) is 11.8 Å². The van der Waals surface area contributed by atoms with Gasteiger partial charge in [-0.05, 0) is 50.9 Å². The minimum Gasteiger partial charge on any atom is -0.323 e. The predicted octanol–water partition coefficient (Wildman–Crippen LogP) is 4.13. The molecule has 0 aromatic carbocycles. The standard InChI is InChI=1S/C23H28N8/c1-3-4-12-31-16-18(17(2)29-31)15-30-11-5-6-22(30)21-9-10-25-23(28-21)27-20-8-7-19(13-24)26-14-20/h7-10,14,16,22H,3-6,11-12,15H2,1-2H3,(H,25,27,28)/t22-/m0/s1. The van der Waals surface area contributed by atoms with Gasteiger partial charge in [-0.2, -0.15) is 10.4 Å². The van der Waals surface area contributed by atoms with E-state index in [1.165, 1.54) is 12.0 Å². The molecule has 0 saturated carbocycles. The number of likely N-dealkylation sites (tertiary alicyclic amines) is 1. The van der Waals surface area contributed by atoms with Gasteiger partial charge in [0.05, 0.1) is 29.3 Å². The number of hydrogen-bond acceptors (Lipinski definition) is 7. The highest BCUT2D eigenvalue weighted by molar-refractivity contribution is 5.52. The Morgan fingerprint density at radius 3 is 2.94 bits per heavy atom. The van der Waals surface area contributed by atoms with Crippen LogP contribution in [0, 0.1) is 18.3 Å². The number of pyridine rings is 1. The maximum Gasteiger partial charge on any atom is 0.227 e. The van der Waals surface area contributed by atoms with E-state index in [-0.39, 0.29) is 6.04 Å². The first-order valence-electron chi connectivity index (χ1n) is 10.9. The van der Waals surface area contributed by atoms with Crippen LogP contribution in [-0.2, 0) is 13.1 Å². The molecule has 0 spiro atoms. The summed E-state index contributed by atoms with van der Waals surface area (Å²) >= 11 is 0. The average molecular weight is 417 g/mol. The van der Waals surface area contributed by atoms with E-state index >= 15 is 0 Å². The topological polar surface area (TPSA) is 95.6 Å². The van der Waals surface area contributed by atoms with Crippen molar-refractivity contribution in [2.45, 2.75) is 58.7 Å². The molecule has 0 radical (unpaired) electrons. The van der Waals surface area contributed by atoms with E-state index in [0.29, 0.717) is 11.6 Å². The number of nitrogens with zero attached hydrogens (tertiary/aromatic N) is 7. The van der Waals surface area contributed by atoms with Crippen LogP contribution in [0.4, 0.5) is 11.6 Å². The van der Waals surface area contributed by atoms with Crippen LogP contribution in [0.25, 0.3) is 0 Å². The van der Waals surface area contributed by atoms with E-state index in [4.69, 9.17) is 10.2 Å². The van der Waals surface area contributed by atoms with E-state index in [1.54, 1.807) is 18.5 Å². The summed E-state index contributed by atoms with van der Waals surface area (Å²) in [4.78, 5) is 15.7. The number of aryl methyl sites for hydroxylation is 2. The number of anilines is 2. The fourth-order valence-corrected chi connectivity index (χ4v) is 4.00. The van der Waals surface area contributed by atoms with Gasteiger partial charge in [-0.25, -0.2) is 15.0 Å². The highest BCUT2D eigenvalue weighted by atomic mass is 15.3. The molecule has 3 aromatic heterocycles. The zero-order valence-electron chi connectivity index (χ0n) is 18.1. The lowest BCUT2D eigenvalue weighted by molar-refractivity contribution is 0.244. The summed E-state index contributed by atoms with van der Waals surface area (Å²) in [5.74, 6) is 0.541. The Kier molecular flexibility index (Phi) is 6.53. The van der Waals surface area contributed by atoms with Crippen LogP contribution in [-0.4, -0.2) is 36.2 Å². The number of unbranched alkanes of at least 4 members (excludes halogenated alkanes) is 1. The van der Waals surface area contributed by atoms with Crippen molar-refractivity contribution in [1.29, 1.82) is 5.26 Å². The molecule has 8 heteroatoms. The fraction of sp³-hybridized carbons (Fsp3) is 0.435. The van der Waals surface area contributed by atoms with Crippen molar-refractivity contribution < 1.29 is 0 Å². The lowest BCUT2D eigenvalue weighted by Gasteiger charge is -2.24. The van der Waals surface area contributed by atoms with Crippen LogP contribution in [0.5, 0.6) is 0 Å². The third-order valence-corrected chi connectivity index (χ3v) is 5.68. The second kappa shape index (κ2) is 9.67. The number of aromatic nitrogens is 5. The molecular formula is C23H28N8. The predicted molar refractivity (Wildman–Crippen MR) is 119 cm³/mol. The molecule has 4 heterocycles. The van der Waals surface area contributed by atoms with Crippen molar-refractivity contribution >= 4 is 11.6 Å². The number of nitrogens with one attached hydrogen (secondary N) is 1. The monoisotopic (exact) mass is 416 g/mol. The third kappa shape index (κ3) is 5.06. The van der Waals surface area contributed by atoms with Crippen LogP contribution in [0.1, 0.15) is 61.3 Å². The summed E-state index contributed by atoms with van der Waals surface area (Å²) in [5.41, 5.74) is 4.57. The molecular weight excluding hydrogens is 388 g/mol. The van der Waals surface area contributed by atoms with Crippen molar-refractivity contribution in [3.8, 4) is 6.07 Å². The minimum atomic E-state index is 0.265. The van der Waals surface area contributed by atoms with Crippen molar-refractivity contribution in [2.24, 2.45) is 0 Å². The fourth-order valence-electron chi connectivity index (χ4n) is 4.00. The van der Waals surface area contributed by atoms with E-state index in [1.807, 2.05) is 18.2 Å². The Labute approximate surface area is 183 Å². The molecule has 0 amide bonds. The van der Waals surface area contributed by atoms with Crippen LogP contribution in [0.2, 0.25) is 0 Å². The maximum atomic E-state index is 8.90. The first-order valence-corrected chi connectivity index (χ1v) is 10.9. The molecule has 1 aliphatic rings. The van der Waals surface area contributed by atoms with Gasteiger partial charge in [0, 0.05) is 31.0 Å². The molecule has 160 valence electrons. The van der Waals surface area contributed by atoms with Gasteiger partial charge in [0.2, 0.25) is 5.95 Å². The van der Waals surface area contributed by atoms with Crippen LogP contribution >= 0.6 is 0 Å². The summed E-state index contributed by atoms with van der Waals surface area (Å²) in [6.07, 6.45) is 10.2. The summed E-state index contributed by atoms with van der Waals surface area (Å²) < 4.78 is 2.08. The minimum absolute atomic E-state index is 0.265. The average Bonchev–Trinajstić information content (AvgIpc) is 3.39. The first kappa shape index (κ1) is 20.9. The molecule has 1 fully saturated rings. The Hall–Kier alpha value is -3.31. The van der Waals surface area contributed by atoms with Gasteiger partial charge in [0.15, 0.2) is 0 Å². The van der Waals surface area contributed by atoms with Crippen molar-refractivity contribution in [1.82, 2.24) is 29.6 Å². The van der Waals surface area contributed by atoms with Crippen molar-refractivity contribution in [3.63, 3.8) is 0 Å². The molecule has 1 N–H and O–H groups in total. The SMILES string of the molecule is CCCCn1cc(CN2CCC[C@H]2c2ccnc(Nc3ccc(C#N)nc3)n2)c(C)n1. The van der Waals surface area contributed by atoms with Crippen LogP contribution in [0.3, 0.4) is 0 Å². The normalized spacial score (nSPS) is 16.4. The molecule has 0 unspecified atom stereocenters. The Morgan fingerprint density at radius 2 is 2.16 bits per heavy atom. The Morgan fingerprint density at radius 1 is 1.26 bits per heavy atom. The van der Waals surface area contributed by atoms with E-state index < -0.39 is 0 Å². The molecule has 4 rings (SSSR count). The highest BCUT2D eigenvalue weighted by Crippen LogP contribution is 2.33. The molecule has 8 nitrogen and oxygen atoms in total. The van der Waals surface area contributed by atoms with Gasteiger partial charge < -0.3 is 5.32 Å². The zero-order chi connectivity index (χ0) is 21.6. The van der Waals surface area contributed by atoms with Crippen molar-refractivity contribution in [3.05, 3.63) is 59.4 Å². The highest BCUT2D eigenvalue weighted by Gasteiger charge is 2.28. The lowest BCUT2D eigenvalue weighted by atomic mass is 10.1. The quantitative estimate of drug-likeness (QED) is 0.590. The Bertz CT molecular complexity index is 1050. The van der Waals surface area contributed by atoms with Gasteiger partial charge in [-0.1, -0.05) is 13.3 Å². The maximum absolute atomic E-state index is 8.90. The van der Waals surface area contributed by atoms with Gasteiger partial charge in [-0.15, -0.1) is 0 Å². The number of nitriles is 1. The second-order valence-corrected chi connectivity index (χ2v) is 7.96. The van der Waals surface area contributed by atoms with E-state index in [2.05, 4.69) is 50.0 Å². The van der Waals surface area contributed by atoms with Gasteiger partial charge in [0.25, 0.3) is 0 Å².